The van der Waals surface area contributed by atoms with Crippen LogP contribution in [0, 0.1) is 5.92 Å². The number of thiophene rings is 1. The topological polar surface area (TPSA) is 88.9 Å². The van der Waals surface area contributed by atoms with Crippen molar-refractivity contribution in [3.63, 3.8) is 0 Å². The second-order valence-electron chi connectivity index (χ2n) is 12.8. The first-order valence-electron chi connectivity index (χ1n) is 16.6. The van der Waals surface area contributed by atoms with E-state index in [0.717, 1.165) is 72.8 Å². The van der Waals surface area contributed by atoms with E-state index in [1.165, 1.54) is 4.88 Å². The van der Waals surface area contributed by atoms with E-state index in [1.807, 2.05) is 35.2 Å². The average molecular weight is 644 g/mol. The number of carbonyl (C=O) groups excluding carboxylic acids is 2. The Balaban J connectivity index is 1.13. The van der Waals surface area contributed by atoms with Crippen LogP contribution in [0.4, 0.5) is 0 Å². The van der Waals surface area contributed by atoms with Crippen molar-refractivity contribution in [3.05, 3.63) is 75.7 Å². The van der Waals surface area contributed by atoms with Crippen molar-refractivity contribution in [2.75, 3.05) is 33.0 Å². The van der Waals surface area contributed by atoms with E-state index in [1.54, 1.807) is 11.3 Å². The number of hydrogen-bond acceptors (Lipinski definition) is 7. The van der Waals surface area contributed by atoms with Gasteiger partial charge in [-0.3, -0.25) is 14.5 Å². The molecule has 1 saturated heterocycles. The van der Waals surface area contributed by atoms with Gasteiger partial charge in [-0.1, -0.05) is 39.8 Å². The molecule has 2 aliphatic heterocycles. The van der Waals surface area contributed by atoms with Gasteiger partial charge in [-0.25, -0.2) is 4.98 Å². The highest BCUT2D eigenvalue weighted by Crippen LogP contribution is 2.33. The summed E-state index contributed by atoms with van der Waals surface area (Å²) in [4.78, 5) is 38.0. The summed E-state index contributed by atoms with van der Waals surface area (Å²) in [5, 5.41) is 5.20. The van der Waals surface area contributed by atoms with E-state index in [9.17, 15) is 9.59 Å². The van der Waals surface area contributed by atoms with Crippen LogP contribution in [0.1, 0.15) is 79.6 Å². The molecule has 1 fully saturated rings. The minimum atomic E-state index is -0.583. The summed E-state index contributed by atoms with van der Waals surface area (Å²) in [6.07, 6.45) is 3.36. The zero-order chi connectivity index (χ0) is 32.2. The maximum atomic E-state index is 13.8. The number of nitrogens with zero attached hydrogens (tertiary/aromatic N) is 4. The van der Waals surface area contributed by atoms with Gasteiger partial charge in [0.25, 0.3) is 5.91 Å². The number of imidazole rings is 1. The van der Waals surface area contributed by atoms with Crippen LogP contribution in [0.25, 0.3) is 11.0 Å². The summed E-state index contributed by atoms with van der Waals surface area (Å²) in [6, 6.07) is 15.8. The molecule has 0 saturated carbocycles. The first-order chi connectivity index (χ1) is 22.3. The average Bonchev–Trinajstić information content (AvgIpc) is 3.82. The van der Waals surface area contributed by atoms with Gasteiger partial charge in [0, 0.05) is 55.6 Å². The number of ether oxygens (including phenoxy) is 2. The fourth-order valence-electron chi connectivity index (χ4n) is 6.62. The van der Waals surface area contributed by atoms with E-state index < -0.39 is 6.04 Å². The molecule has 2 aromatic carbocycles. The molecule has 4 aromatic rings. The lowest BCUT2D eigenvalue weighted by Crippen LogP contribution is -2.55. The zero-order valence-corrected chi connectivity index (χ0v) is 28.1. The van der Waals surface area contributed by atoms with Gasteiger partial charge in [0.1, 0.15) is 11.9 Å². The van der Waals surface area contributed by atoms with Gasteiger partial charge in [0.15, 0.2) is 11.5 Å². The monoisotopic (exact) mass is 643 g/mol. The highest BCUT2D eigenvalue weighted by atomic mass is 32.1. The van der Waals surface area contributed by atoms with E-state index in [4.69, 9.17) is 14.5 Å². The van der Waals surface area contributed by atoms with Crippen LogP contribution in [0.2, 0.25) is 0 Å². The molecular weight excluding hydrogens is 598 g/mol. The van der Waals surface area contributed by atoms with Crippen LogP contribution in [0.3, 0.4) is 0 Å². The summed E-state index contributed by atoms with van der Waals surface area (Å²) >= 11 is 1.74. The third-order valence-electron chi connectivity index (χ3n) is 9.08. The molecule has 9 nitrogen and oxygen atoms in total. The van der Waals surface area contributed by atoms with Crippen molar-refractivity contribution in [1.82, 2.24) is 24.7 Å². The fourth-order valence-corrected chi connectivity index (χ4v) is 7.33. The van der Waals surface area contributed by atoms with Crippen molar-refractivity contribution >= 4 is 34.2 Å². The van der Waals surface area contributed by atoms with E-state index >= 15 is 0 Å². The van der Waals surface area contributed by atoms with Crippen LogP contribution in [0.15, 0.2) is 53.9 Å². The van der Waals surface area contributed by atoms with Gasteiger partial charge in [-0.2, -0.15) is 0 Å². The second-order valence-corrected chi connectivity index (χ2v) is 13.8. The van der Waals surface area contributed by atoms with Crippen molar-refractivity contribution in [2.24, 2.45) is 5.92 Å². The number of fused-ring (bicyclic) bond motifs is 2. The molecule has 2 amide bonds. The zero-order valence-electron chi connectivity index (χ0n) is 27.3. The molecule has 0 aliphatic carbocycles. The van der Waals surface area contributed by atoms with Crippen molar-refractivity contribution < 1.29 is 19.1 Å². The lowest BCUT2D eigenvalue weighted by Gasteiger charge is -2.37. The van der Waals surface area contributed by atoms with Gasteiger partial charge >= 0.3 is 0 Å². The Labute approximate surface area is 275 Å². The van der Waals surface area contributed by atoms with Crippen molar-refractivity contribution in [2.45, 2.75) is 72.0 Å². The summed E-state index contributed by atoms with van der Waals surface area (Å²) in [5.74, 6) is 2.60. The molecule has 0 unspecified atom stereocenters. The molecule has 10 heteroatoms. The Morgan fingerprint density at radius 1 is 0.978 bits per heavy atom. The summed E-state index contributed by atoms with van der Waals surface area (Å²) in [6.45, 7) is 12.4. The third-order valence-corrected chi connectivity index (χ3v) is 9.96. The van der Waals surface area contributed by atoms with Gasteiger partial charge in [0.2, 0.25) is 12.7 Å². The van der Waals surface area contributed by atoms with Crippen LogP contribution >= 0.6 is 11.3 Å². The van der Waals surface area contributed by atoms with Crippen molar-refractivity contribution in [3.8, 4) is 11.5 Å². The molecule has 0 radical (unpaired) electrons. The number of carbonyl (C=O) groups is 2. The van der Waals surface area contributed by atoms with Gasteiger partial charge in [-0.05, 0) is 72.5 Å². The van der Waals surface area contributed by atoms with E-state index in [0.29, 0.717) is 31.1 Å². The highest BCUT2D eigenvalue weighted by molar-refractivity contribution is 7.09. The van der Waals surface area contributed by atoms with Crippen LogP contribution < -0.4 is 14.8 Å². The van der Waals surface area contributed by atoms with Gasteiger partial charge < -0.3 is 24.3 Å². The predicted octanol–water partition coefficient (Wildman–Crippen LogP) is 6.27. The number of hydrogen-bond donors (Lipinski definition) is 1. The third kappa shape index (κ3) is 7.08. The van der Waals surface area contributed by atoms with Crippen LogP contribution in [-0.4, -0.2) is 70.2 Å². The molecule has 1 atom stereocenters. The largest absolute Gasteiger partial charge is 0.454 e. The number of piperazine rings is 1. The molecule has 0 bridgehead atoms. The Hall–Kier alpha value is -3.89. The lowest BCUT2D eigenvalue weighted by molar-refractivity contribution is -0.135. The minimum absolute atomic E-state index is 0.0119. The molecule has 1 N–H and O–H groups in total. The minimum Gasteiger partial charge on any atom is -0.454 e. The van der Waals surface area contributed by atoms with Gasteiger partial charge in [0.05, 0.1) is 11.0 Å². The molecular formula is C36H45N5O4S. The summed E-state index contributed by atoms with van der Waals surface area (Å²) in [5.41, 5.74) is 3.55. The Bertz CT molecular complexity index is 1650. The maximum Gasteiger partial charge on any atom is 0.252 e. The predicted molar refractivity (Wildman–Crippen MR) is 182 cm³/mol. The number of nitrogens with one attached hydrogen (secondary N) is 1. The molecule has 4 heterocycles. The fraction of sp³-hybridized carbons (Fsp3) is 0.472. The first kappa shape index (κ1) is 32.1. The lowest BCUT2D eigenvalue weighted by atomic mass is 10.0. The Kier molecular flexibility index (Phi) is 9.94. The van der Waals surface area contributed by atoms with Gasteiger partial charge in [-0.15, -0.1) is 11.3 Å². The standard InChI is InChI=1S/C36H45N5O4S/c1-5-27(6-2)41-31-11-10-26(20-29(31)37-34(41)21-28-8-7-17-46-28)35(42)38-30(18-24(3)4)36(43)40-15-13-39(14-16-40)22-25-9-12-32-33(19-25)45-23-44-32/h7-12,17,19-20,24,27,30H,5-6,13-16,18,21-23H2,1-4H3,(H,38,42)/t30-/m0/s1. The summed E-state index contributed by atoms with van der Waals surface area (Å²) in [7, 11) is 0. The van der Waals surface area contributed by atoms with E-state index in [-0.39, 0.29) is 24.5 Å². The molecule has 6 rings (SSSR count). The second kappa shape index (κ2) is 14.3. The Morgan fingerprint density at radius 2 is 1.76 bits per heavy atom. The number of aromatic nitrogens is 2. The van der Waals surface area contributed by atoms with Crippen LogP contribution in [-0.2, 0) is 17.8 Å². The molecule has 2 aromatic heterocycles. The molecule has 46 heavy (non-hydrogen) atoms. The SMILES string of the molecule is CCC(CC)n1c(Cc2cccs2)nc2cc(C(=O)N[C@@H](CC(C)C)C(=O)N3CCN(Cc4ccc5c(c4)OCO5)CC3)ccc21. The smallest absolute Gasteiger partial charge is 0.252 e. The number of amides is 2. The quantitative estimate of drug-likeness (QED) is 0.196. The normalized spacial score (nSPS) is 15.7. The number of benzene rings is 2. The first-order valence-corrected chi connectivity index (χ1v) is 17.4. The molecule has 2 aliphatic rings. The molecule has 0 spiro atoms. The highest BCUT2D eigenvalue weighted by Gasteiger charge is 2.30. The van der Waals surface area contributed by atoms with Crippen LogP contribution in [0.5, 0.6) is 11.5 Å². The Morgan fingerprint density at radius 3 is 2.48 bits per heavy atom. The summed E-state index contributed by atoms with van der Waals surface area (Å²) < 4.78 is 13.3. The molecule has 244 valence electrons. The maximum absolute atomic E-state index is 13.8. The number of rotatable bonds is 12. The van der Waals surface area contributed by atoms with Crippen molar-refractivity contribution in [1.29, 1.82) is 0 Å². The van der Waals surface area contributed by atoms with E-state index in [2.05, 4.69) is 66.1 Å².